The minimum absolute atomic E-state index is 0.154. The molecule has 3 saturated heterocycles. The average molecular weight is 343 g/mol. The summed E-state index contributed by atoms with van der Waals surface area (Å²) >= 11 is 0. The first-order chi connectivity index (χ1) is 12.0. The molecule has 4 heteroatoms. The Morgan fingerprint density at radius 2 is 1.96 bits per heavy atom. The number of nitriles is 1. The van der Waals surface area contributed by atoms with E-state index in [2.05, 4.69) is 13.0 Å². The lowest BCUT2D eigenvalue weighted by atomic mass is 9.78. The van der Waals surface area contributed by atoms with Crippen LogP contribution in [-0.4, -0.2) is 38.6 Å². The van der Waals surface area contributed by atoms with E-state index in [1.807, 2.05) is 0 Å². The maximum atomic E-state index is 9.87. The van der Waals surface area contributed by atoms with Crippen LogP contribution in [0.5, 0.6) is 0 Å². The van der Waals surface area contributed by atoms with Crippen LogP contribution in [0.2, 0.25) is 0 Å². The minimum atomic E-state index is -0.194. The predicted octanol–water partition coefficient (Wildman–Crippen LogP) is 3.31. The van der Waals surface area contributed by atoms with E-state index in [9.17, 15) is 5.26 Å². The Kier molecular flexibility index (Phi) is 2.84. The van der Waals surface area contributed by atoms with Gasteiger partial charge in [0, 0.05) is 18.6 Å². The van der Waals surface area contributed by atoms with Crippen molar-refractivity contribution in [2.75, 3.05) is 26.4 Å². The summed E-state index contributed by atoms with van der Waals surface area (Å²) in [6.07, 6.45) is 8.79. The summed E-state index contributed by atoms with van der Waals surface area (Å²) in [6.45, 7) is 5.97. The normalized spacial score (nSPS) is 60.8. The Hall–Kier alpha value is -0.630. The molecule has 0 amide bonds. The van der Waals surface area contributed by atoms with Gasteiger partial charge in [0.2, 0.25) is 0 Å². The fourth-order valence-electron chi connectivity index (χ4n) is 7.02. The van der Waals surface area contributed by atoms with Crippen molar-refractivity contribution in [3.63, 3.8) is 0 Å². The van der Waals surface area contributed by atoms with E-state index in [-0.39, 0.29) is 16.9 Å². The van der Waals surface area contributed by atoms with Crippen molar-refractivity contribution in [2.45, 2.75) is 64.1 Å². The summed E-state index contributed by atoms with van der Waals surface area (Å²) in [7, 11) is 0. The fraction of sp³-hybridized carbons (Fsp3) is 0.952. The number of hydrogen-bond acceptors (Lipinski definition) is 4. The maximum absolute atomic E-state index is 9.87. The second kappa shape index (κ2) is 4.61. The molecule has 6 rings (SSSR count). The van der Waals surface area contributed by atoms with Gasteiger partial charge in [-0.05, 0) is 67.6 Å². The van der Waals surface area contributed by atoms with Gasteiger partial charge in [-0.25, -0.2) is 0 Å². The SMILES string of the molecule is C[C@@]12CCOC(C[C@@]34CCOC(C[C@@]56COCC5C6)C3C4)C1(C#N)C2. The Morgan fingerprint density at radius 3 is 2.72 bits per heavy atom. The highest BCUT2D eigenvalue weighted by atomic mass is 16.5. The van der Waals surface area contributed by atoms with Gasteiger partial charge in [0.1, 0.15) is 0 Å². The molecule has 0 aromatic carbocycles. The Balaban J connectivity index is 1.17. The third-order valence-corrected chi connectivity index (χ3v) is 9.24. The van der Waals surface area contributed by atoms with Crippen molar-refractivity contribution < 1.29 is 14.2 Å². The molecule has 3 heterocycles. The van der Waals surface area contributed by atoms with Gasteiger partial charge in [-0.2, -0.15) is 5.26 Å². The standard InChI is InChI=1S/C21H29NO3/c1-18-2-4-25-17(21(18,11-18)12-22)9-19-3-5-24-16(15(19)7-19)8-20-6-14(20)10-23-13-20/h14-17H,2-11,13H2,1H3/t14?,15?,16?,17?,18-,19-,20-,21?/m0/s1. The highest BCUT2D eigenvalue weighted by molar-refractivity contribution is 5.29. The molecule has 4 nitrogen and oxygen atoms in total. The largest absolute Gasteiger partial charge is 0.381 e. The van der Waals surface area contributed by atoms with Crippen molar-refractivity contribution in [1.82, 2.24) is 0 Å². The van der Waals surface area contributed by atoms with Crippen molar-refractivity contribution in [2.24, 2.45) is 33.5 Å². The molecular weight excluding hydrogens is 314 g/mol. The summed E-state index contributed by atoms with van der Waals surface area (Å²) in [5, 5.41) is 9.87. The Labute approximate surface area is 150 Å². The molecule has 3 aliphatic carbocycles. The Morgan fingerprint density at radius 1 is 1.08 bits per heavy atom. The van der Waals surface area contributed by atoms with Crippen LogP contribution in [0.4, 0.5) is 0 Å². The number of rotatable bonds is 4. The van der Waals surface area contributed by atoms with Crippen LogP contribution in [-0.2, 0) is 14.2 Å². The van der Waals surface area contributed by atoms with Crippen LogP contribution in [0, 0.1) is 44.8 Å². The molecule has 136 valence electrons. The molecule has 6 aliphatic rings. The molecule has 25 heavy (non-hydrogen) atoms. The average Bonchev–Trinajstić information content (AvgIpc) is 3.52. The van der Waals surface area contributed by atoms with Gasteiger partial charge in [0.05, 0.1) is 36.9 Å². The number of hydrogen-bond donors (Lipinski definition) is 0. The van der Waals surface area contributed by atoms with Crippen molar-refractivity contribution in [3.8, 4) is 6.07 Å². The molecule has 3 saturated carbocycles. The minimum Gasteiger partial charge on any atom is -0.381 e. The molecule has 0 spiro atoms. The fourth-order valence-corrected chi connectivity index (χ4v) is 7.02. The van der Waals surface area contributed by atoms with Gasteiger partial charge in [0.15, 0.2) is 0 Å². The van der Waals surface area contributed by atoms with Crippen LogP contribution in [0.1, 0.15) is 51.9 Å². The first-order valence-electron chi connectivity index (χ1n) is 10.3. The lowest BCUT2D eigenvalue weighted by molar-refractivity contribution is -0.0754. The lowest BCUT2D eigenvalue weighted by Crippen LogP contribution is -2.39. The summed E-state index contributed by atoms with van der Waals surface area (Å²) < 4.78 is 18.1. The van der Waals surface area contributed by atoms with Crippen LogP contribution in [0.25, 0.3) is 0 Å². The molecule has 3 aliphatic heterocycles. The predicted molar refractivity (Wildman–Crippen MR) is 90.6 cm³/mol. The van der Waals surface area contributed by atoms with Crippen LogP contribution >= 0.6 is 0 Å². The van der Waals surface area contributed by atoms with E-state index in [4.69, 9.17) is 14.2 Å². The summed E-state index contributed by atoms with van der Waals surface area (Å²) in [6, 6.07) is 2.68. The van der Waals surface area contributed by atoms with E-state index in [1.165, 1.54) is 25.7 Å². The van der Waals surface area contributed by atoms with E-state index in [0.29, 0.717) is 22.9 Å². The number of nitrogens with zero attached hydrogens (tertiary/aromatic N) is 1. The van der Waals surface area contributed by atoms with Gasteiger partial charge < -0.3 is 14.2 Å². The summed E-state index contributed by atoms with van der Waals surface area (Å²) in [5.74, 6) is 1.51. The summed E-state index contributed by atoms with van der Waals surface area (Å²) in [4.78, 5) is 0. The van der Waals surface area contributed by atoms with Gasteiger partial charge in [-0.1, -0.05) is 6.92 Å². The lowest BCUT2D eigenvalue weighted by Gasteiger charge is -2.37. The molecule has 0 aromatic heterocycles. The maximum Gasteiger partial charge on any atom is 0.0895 e. The quantitative estimate of drug-likeness (QED) is 0.786. The molecule has 8 atom stereocenters. The molecule has 0 bridgehead atoms. The van der Waals surface area contributed by atoms with Crippen LogP contribution in [0.3, 0.4) is 0 Å². The van der Waals surface area contributed by atoms with Crippen molar-refractivity contribution in [3.05, 3.63) is 0 Å². The van der Waals surface area contributed by atoms with Gasteiger partial charge in [-0.15, -0.1) is 0 Å². The third-order valence-electron chi connectivity index (χ3n) is 9.24. The van der Waals surface area contributed by atoms with Gasteiger partial charge in [-0.3, -0.25) is 0 Å². The summed E-state index contributed by atoms with van der Waals surface area (Å²) in [5.41, 5.74) is 0.886. The molecular formula is C21H29NO3. The van der Waals surface area contributed by atoms with Crippen LogP contribution in [0.15, 0.2) is 0 Å². The van der Waals surface area contributed by atoms with E-state index >= 15 is 0 Å². The molecule has 0 aromatic rings. The van der Waals surface area contributed by atoms with E-state index in [0.717, 1.165) is 51.6 Å². The zero-order valence-corrected chi connectivity index (χ0v) is 15.3. The zero-order valence-electron chi connectivity index (χ0n) is 15.3. The van der Waals surface area contributed by atoms with Crippen molar-refractivity contribution in [1.29, 1.82) is 5.26 Å². The number of fused-ring (bicyclic) bond motifs is 3. The van der Waals surface area contributed by atoms with E-state index in [1.54, 1.807) is 0 Å². The second-order valence-corrected chi connectivity index (χ2v) is 10.4. The molecule has 6 fully saturated rings. The highest BCUT2D eigenvalue weighted by Crippen LogP contribution is 2.74. The first kappa shape index (κ1) is 15.4. The third kappa shape index (κ3) is 1.93. The smallest absolute Gasteiger partial charge is 0.0895 e. The first-order valence-corrected chi connectivity index (χ1v) is 10.3. The Bertz CT molecular complexity index is 660. The van der Waals surface area contributed by atoms with Gasteiger partial charge >= 0.3 is 0 Å². The molecule has 5 unspecified atom stereocenters. The highest BCUT2D eigenvalue weighted by Gasteiger charge is 2.73. The van der Waals surface area contributed by atoms with Crippen LogP contribution < -0.4 is 0 Å². The molecule has 0 radical (unpaired) electrons. The topological polar surface area (TPSA) is 51.5 Å². The van der Waals surface area contributed by atoms with Gasteiger partial charge in [0.25, 0.3) is 0 Å². The van der Waals surface area contributed by atoms with Crippen molar-refractivity contribution >= 4 is 0 Å². The molecule has 0 N–H and O–H groups in total. The van der Waals surface area contributed by atoms with E-state index < -0.39 is 0 Å². The zero-order chi connectivity index (χ0) is 16.9. The number of ether oxygens (including phenoxy) is 3. The monoisotopic (exact) mass is 343 g/mol. The second-order valence-electron chi connectivity index (χ2n) is 10.4.